The van der Waals surface area contributed by atoms with Crippen LogP contribution in [0.15, 0.2) is 30.6 Å². The molecule has 5 N–H and O–H groups in total. The van der Waals surface area contributed by atoms with Gasteiger partial charge in [-0.05, 0) is 42.7 Å². The van der Waals surface area contributed by atoms with Gasteiger partial charge in [-0.3, -0.25) is 4.79 Å². The minimum absolute atomic E-state index is 0.174. The highest BCUT2D eigenvalue weighted by molar-refractivity contribution is 5.97. The summed E-state index contributed by atoms with van der Waals surface area (Å²) in [7, 11) is 0. The van der Waals surface area contributed by atoms with E-state index in [4.69, 9.17) is 5.73 Å². The number of nitrogens with zero attached hydrogens (tertiary/aromatic N) is 3. The zero-order valence-electron chi connectivity index (χ0n) is 20.3. The zero-order chi connectivity index (χ0) is 25.7. The number of carbonyl (C=O) groups is 1. The smallest absolute Gasteiger partial charge is 0.244 e. The third kappa shape index (κ3) is 3.88. The Hall–Kier alpha value is -3.32. The SMILES string of the molecule is Cc1cc(-c2ccnc3[nH]cc(C#N)c23)cc(F)c1C1(O)[C@H](C)CN(C(=O)C(C)(N)CO)C[C@@H]1C. The van der Waals surface area contributed by atoms with Gasteiger partial charge in [0.05, 0.1) is 12.2 Å². The molecule has 1 aliphatic rings. The number of halogens is 1. The molecule has 4 atom stereocenters. The van der Waals surface area contributed by atoms with Gasteiger partial charge < -0.3 is 25.8 Å². The summed E-state index contributed by atoms with van der Waals surface area (Å²) in [6, 6.07) is 7.05. The van der Waals surface area contributed by atoms with Crippen LogP contribution in [0.25, 0.3) is 22.2 Å². The lowest BCUT2D eigenvalue weighted by molar-refractivity contribution is -0.155. The van der Waals surface area contributed by atoms with Crippen LogP contribution in [0.2, 0.25) is 0 Å². The standard InChI is InChI=1S/C26H30FN5O3/c1-14-7-17(19-5-6-30-23-21(19)18(9-28)10-31-23)8-20(27)22(14)26(35)15(2)11-32(12-16(26)3)24(34)25(4,29)13-33/h5-8,10,15-16,33,35H,11-13,29H2,1-4H3,(H,30,31)/t15-,16+,25?,26?. The molecule has 2 unspecified atom stereocenters. The maximum atomic E-state index is 15.8. The van der Waals surface area contributed by atoms with Crippen molar-refractivity contribution in [1.82, 2.24) is 14.9 Å². The van der Waals surface area contributed by atoms with Gasteiger partial charge in [0, 0.05) is 48.3 Å². The predicted octanol–water partition coefficient (Wildman–Crippen LogP) is 2.56. The van der Waals surface area contributed by atoms with Crippen molar-refractivity contribution in [3.63, 3.8) is 0 Å². The number of nitriles is 1. The molecule has 9 heteroatoms. The number of aliphatic hydroxyl groups excluding tert-OH is 1. The Morgan fingerprint density at radius 3 is 2.63 bits per heavy atom. The molecule has 1 amide bonds. The van der Waals surface area contributed by atoms with Crippen molar-refractivity contribution in [2.24, 2.45) is 17.6 Å². The number of piperidine rings is 1. The zero-order valence-corrected chi connectivity index (χ0v) is 20.3. The number of nitrogens with one attached hydrogen (secondary N) is 1. The molecular weight excluding hydrogens is 449 g/mol. The maximum absolute atomic E-state index is 15.8. The van der Waals surface area contributed by atoms with Gasteiger partial charge in [0.15, 0.2) is 0 Å². The Kier molecular flexibility index (Phi) is 6.18. The van der Waals surface area contributed by atoms with Gasteiger partial charge in [0.25, 0.3) is 0 Å². The molecule has 3 aromatic rings. The van der Waals surface area contributed by atoms with Crippen LogP contribution in [-0.2, 0) is 10.4 Å². The number of hydrogen-bond donors (Lipinski definition) is 4. The number of hydrogen-bond acceptors (Lipinski definition) is 6. The van der Waals surface area contributed by atoms with Gasteiger partial charge in [0.1, 0.15) is 28.7 Å². The Morgan fingerprint density at radius 1 is 1.40 bits per heavy atom. The van der Waals surface area contributed by atoms with E-state index < -0.39 is 41.3 Å². The second-order valence-electron chi connectivity index (χ2n) is 9.96. The van der Waals surface area contributed by atoms with Crippen LogP contribution < -0.4 is 5.73 Å². The number of amides is 1. The third-order valence-corrected chi connectivity index (χ3v) is 7.29. The fourth-order valence-electron chi connectivity index (χ4n) is 5.38. The fraction of sp³-hybridized carbons (Fsp3) is 0.423. The van der Waals surface area contributed by atoms with Gasteiger partial charge in [-0.15, -0.1) is 0 Å². The molecule has 1 fully saturated rings. The van der Waals surface area contributed by atoms with Crippen molar-refractivity contribution in [3.8, 4) is 17.2 Å². The summed E-state index contributed by atoms with van der Waals surface area (Å²) in [5.41, 5.74) is 5.96. The minimum Gasteiger partial charge on any atom is -0.394 e. The highest BCUT2D eigenvalue weighted by atomic mass is 19.1. The first kappa shape index (κ1) is 24.8. The Balaban J connectivity index is 1.75. The molecule has 3 heterocycles. The third-order valence-electron chi connectivity index (χ3n) is 7.29. The van der Waals surface area contributed by atoms with Crippen molar-refractivity contribution >= 4 is 16.9 Å². The van der Waals surface area contributed by atoms with E-state index in [1.165, 1.54) is 17.9 Å². The molecule has 8 nitrogen and oxygen atoms in total. The molecule has 0 aliphatic carbocycles. The second-order valence-corrected chi connectivity index (χ2v) is 9.96. The van der Waals surface area contributed by atoms with E-state index in [2.05, 4.69) is 16.0 Å². The number of rotatable bonds is 4. The maximum Gasteiger partial charge on any atom is 0.244 e. The number of fused-ring (bicyclic) bond motifs is 1. The number of nitrogens with two attached hydrogens (primary N) is 1. The summed E-state index contributed by atoms with van der Waals surface area (Å²) < 4.78 is 15.8. The molecule has 1 aliphatic heterocycles. The van der Waals surface area contributed by atoms with E-state index in [1.54, 1.807) is 45.3 Å². The molecule has 1 aromatic carbocycles. The van der Waals surface area contributed by atoms with E-state index in [9.17, 15) is 20.3 Å². The number of pyridine rings is 1. The normalized spacial score (nSPS) is 24.3. The average molecular weight is 480 g/mol. The largest absolute Gasteiger partial charge is 0.394 e. The Bertz CT molecular complexity index is 1310. The van der Waals surface area contributed by atoms with Crippen LogP contribution in [-0.4, -0.2) is 56.2 Å². The first-order valence-corrected chi connectivity index (χ1v) is 11.5. The summed E-state index contributed by atoms with van der Waals surface area (Å²) in [6.45, 7) is 6.62. The van der Waals surface area contributed by atoms with E-state index >= 15 is 4.39 Å². The molecule has 0 spiro atoms. The summed E-state index contributed by atoms with van der Waals surface area (Å²) in [5, 5.41) is 31.5. The van der Waals surface area contributed by atoms with Crippen LogP contribution in [0, 0.1) is 35.9 Å². The van der Waals surface area contributed by atoms with Crippen molar-refractivity contribution < 1.29 is 19.4 Å². The highest BCUT2D eigenvalue weighted by Crippen LogP contribution is 2.45. The van der Waals surface area contributed by atoms with Crippen LogP contribution in [0.5, 0.6) is 0 Å². The van der Waals surface area contributed by atoms with Gasteiger partial charge in [-0.25, -0.2) is 9.37 Å². The molecule has 0 bridgehead atoms. The summed E-state index contributed by atoms with van der Waals surface area (Å²) in [6.07, 6.45) is 3.17. The minimum atomic E-state index is -1.52. The number of carbonyl (C=O) groups excluding carboxylic acids is 1. The lowest BCUT2D eigenvalue weighted by atomic mass is 9.69. The van der Waals surface area contributed by atoms with E-state index in [1.807, 2.05) is 0 Å². The summed E-state index contributed by atoms with van der Waals surface area (Å²) in [4.78, 5) is 21.6. The van der Waals surface area contributed by atoms with Crippen molar-refractivity contribution in [2.75, 3.05) is 19.7 Å². The van der Waals surface area contributed by atoms with Crippen LogP contribution in [0.3, 0.4) is 0 Å². The molecule has 184 valence electrons. The van der Waals surface area contributed by atoms with Crippen LogP contribution in [0.1, 0.15) is 37.5 Å². The molecule has 35 heavy (non-hydrogen) atoms. The number of likely N-dealkylation sites (tertiary alicyclic amines) is 1. The molecule has 4 rings (SSSR count). The topological polar surface area (TPSA) is 139 Å². The van der Waals surface area contributed by atoms with Crippen LogP contribution >= 0.6 is 0 Å². The number of aromatic nitrogens is 2. The fourth-order valence-corrected chi connectivity index (χ4v) is 5.38. The molecular formula is C26H30FN5O3. The number of H-pyrrole nitrogens is 1. The monoisotopic (exact) mass is 479 g/mol. The van der Waals surface area contributed by atoms with Crippen molar-refractivity contribution in [3.05, 3.63) is 53.1 Å². The first-order chi connectivity index (χ1) is 16.4. The highest BCUT2D eigenvalue weighted by Gasteiger charge is 2.50. The second kappa shape index (κ2) is 8.72. The van der Waals surface area contributed by atoms with E-state index in [0.29, 0.717) is 33.3 Å². The quantitative estimate of drug-likeness (QED) is 0.454. The predicted molar refractivity (Wildman–Crippen MR) is 129 cm³/mol. The summed E-state index contributed by atoms with van der Waals surface area (Å²) in [5.74, 6) is -1.95. The Labute approximate surface area is 203 Å². The van der Waals surface area contributed by atoms with E-state index in [0.717, 1.165) is 0 Å². The number of benzene rings is 1. The van der Waals surface area contributed by atoms with Crippen molar-refractivity contribution in [2.45, 2.75) is 38.8 Å². The van der Waals surface area contributed by atoms with Gasteiger partial charge in [0.2, 0.25) is 5.91 Å². The van der Waals surface area contributed by atoms with Gasteiger partial charge in [-0.1, -0.05) is 19.9 Å². The molecule has 1 saturated heterocycles. The van der Waals surface area contributed by atoms with Gasteiger partial charge in [-0.2, -0.15) is 5.26 Å². The molecule has 0 radical (unpaired) electrons. The molecule has 2 aromatic heterocycles. The Morgan fingerprint density at radius 2 is 2.06 bits per heavy atom. The molecule has 0 saturated carbocycles. The lowest BCUT2D eigenvalue weighted by Crippen LogP contribution is -2.62. The first-order valence-electron chi connectivity index (χ1n) is 11.5. The lowest BCUT2D eigenvalue weighted by Gasteiger charge is -2.49. The number of aryl methyl sites for hydroxylation is 1. The van der Waals surface area contributed by atoms with Crippen molar-refractivity contribution in [1.29, 1.82) is 5.26 Å². The number of aliphatic hydroxyl groups is 2. The average Bonchev–Trinajstić information content (AvgIpc) is 3.24. The van der Waals surface area contributed by atoms with E-state index in [-0.39, 0.29) is 18.7 Å². The van der Waals surface area contributed by atoms with Gasteiger partial charge >= 0.3 is 0 Å². The van der Waals surface area contributed by atoms with Crippen LogP contribution in [0.4, 0.5) is 4.39 Å². The summed E-state index contributed by atoms with van der Waals surface area (Å²) >= 11 is 0. The number of aromatic amines is 1.